The zero-order valence-electron chi connectivity index (χ0n) is 18.9. The van der Waals surface area contributed by atoms with Gasteiger partial charge in [0, 0.05) is 25.6 Å². The van der Waals surface area contributed by atoms with Crippen molar-refractivity contribution in [2.24, 2.45) is 12.8 Å². The molecule has 0 saturated carbocycles. The number of hydrogen-bond donors (Lipinski definition) is 1. The van der Waals surface area contributed by atoms with E-state index < -0.39 is 23.3 Å². The van der Waals surface area contributed by atoms with Gasteiger partial charge in [-0.2, -0.15) is 0 Å². The van der Waals surface area contributed by atoms with Crippen LogP contribution < -0.4 is 21.7 Å². The number of thiophene rings is 1. The van der Waals surface area contributed by atoms with Gasteiger partial charge in [-0.25, -0.2) is 4.79 Å². The van der Waals surface area contributed by atoms with E-state index in [0.29, 0.717) is 38.3 Å². The number of rotatable bonds is 8. The number of amides is 1. The van der Waals surface area contributed by atoms with Crippen LogP contribution in [0, 0.1) is 0 Å². The van der Waals surface area contributed by atoms with Crippen molar-refractivity contribution in [3.05, 3.63) is 60.0 Å². The third-order valence-electron chi connectivity index (χ3n) is 5.86. The molecule has 4 rings (SSSR count). The lowest BCUT2D eigenvalue weighted by molar-refractivity contribution is -0.189. The number of nitrogens with two attached hydrogens (primary N) is 1. The number of methoxy groups -OCH3 is 1. The molecule has 1 aromatic carbocycles. The second-order valence-corrected chi connectivity index (χ2v) is 10.4. The Balaban J connectivity index is 1.84. The molecule has 1 amide bonds. The molecular formula is C23H26BrN3O6S. The Hall–Kier alpha value is -2.47. The smallest absolute Gasteiger partial charge is 0.332 e. The molecule has 182 valence electrons. The molecule has 1 saturated heterocycles. The van der Waals surface area contributed by atoms with Gasteiger partial charge >= 0.3 is 5.69 Å². The molecule has 1 aliphatic heterocycles. The Morgan fingerprint density at radius 3 is 2.76 bits per heavy atom. The first-order valence-electron chi connectivity index (χ1n) is 10.9. The normalized spacial score (nSPS) is 17.1. The van der Waals surface area contributed by atoms with Crippen LogP contribution in [0.1, 0.15) is 36.5 Å². The van der Waals surface area contributed by atoms with E-state index in [1.165, 1.54) is 23.0 Å². The fraction of sp³-hybridized carbons (Fsp3) is 0.435. The van der Waals surface area contributed by atoms with Crippen LogP contribution in [0.5, 0.6) is 5.75 Å². The molecule has 2 aromatic heterocycles. The molecule has 3 aromatic rings. The second-order valence-electron chi connectivity index (χ2n) is 8.10. The summed E-state index contributed by atoms with van der Waals surface area (Å²) in [6.45, 7) is 0.312. The highest BCUT2D eigenvalue weighted by atomic mass is 79.9. The van der Waals surface area contributed by atoms with Crippen LogP contribution in [0.15, 0.2) is 37.6 Å². The molecule has 1 fully saturated rings. The first-order valence-corrected chi connectivity index (χ1v) is 12.5. The van der Waals surface area contributed by atoms with Crippen LogP contribution in [-0.2, 0) is 34.3 Å². The number of fused-ring (bicyclic) bond motifs is 1. The summed E-state index contributed by atoms with van der Waals surface area (Å²) in [5, 5.41) is 0.355. The average Bonchev–Trinajstić information content (AvgIpc) is 3.16. The predicted octanol–water partition coefficient (Wildman–Crippen LogP) is 2.85. The number of ether oxygens (including phenoxy) is 3. The Kier molecular flexibility index (Phi) is 7.56. The van der Waals surface area contributed by atoms with E-state index in [1.54, 1.807) is 7.11 Å². The summed E-state index contributed by atoms with van der Waals surface area (Å²) in [5.74, 6) is -0.00435. The van der Waals surface area contributed by atoms with Crippen molar-refractivity contribution in [1.29, 1.82) is 0 Å². The van der Waals surface area contributed by atoms with Crippen molar-refractivity contribution >= 4 is 43.4 Å². The highest BCUT2D eigenvalue weighted by Gasteiger charge is 2.28. The van der Waals surface area contributed by atoms with Crippen molar-refractivity contribution in [3.63, 3.8) is 0 Å². The maximum atomic E-state index is 13.2. The van der Waals surface area contributed by atoms with E-state index in [-0.39, 0.29) is 12.8 Å². The molecule has 0 aliphatic carbocycles. The molecule has 1 aliphatic rings. The summed E-state index contributed by atoms with van der Waals surface area (Å²) in [4.78, 5) is 37.9. The van der Waals surface area contributed by atoms with Gasteiger partial charge in [-0.05, 0) is 46.8 Å². The SMILES string of the molecule is COc1ccccc1[C@@H](Cc1c(Br)sc2c1c(=O)n(C)c(=O)n2CC(N)=O)OC1CCCCO1. The van der Waals surface area contributed by atoms with Gasteiger partial charge in [-0.1, -0.05) is 18.2 Å². The number of primary amides is 1. The number of hydrogen-bond acceptors (Lipinski definition) is 7. The molecular weight excluding hydrogens is 526 g/mol. The number of nitrogens with zero attached hydrogens (tertiary/aromatic N) is 2. The van der Waals surface area contributed by atoms with E-state index >= 15 is 0 Å². The van der Waals surface area contributed by atoms with Crippen LogP contribution in [0.4, 0.5) is 0 Å². The lowest BCUT2D eigenvalue weighted by Crippen LogP contribution is -2.40. The Labute approximate surface area is 208 Å². The van der Waals surface area contributed by atoms with Gasteiger partial charge in [0.2, 0.25) is 5.91 Å². The summed E-state index contributed by atoms with van der Waals surface area (Å²) in [6, 6.07) is 7.57. The van der Waals surface area contributed by atoms with Gasteiger partial charge < -0.3 is 19.9 Å². The zero-order chi connectivity index (χ0) is 24.4. The number of aromatic nitrogens is 2. The molecule has 11 heteroatoms. The average molecular weight is 552 g/mol. The van der Waals surface area contributed by atoms with Gasteiger partial charge in [0.25, 0.3) is 5.56 Å². The van der Waals surface area contributed by atoms with Crippen LogP contribution in [0.3, 0.4) is 0 Å². The van der Waals surface area contributed by atoms with Gasteiger partial charge in [-0.15, -0.1) is 11.3 Å². The number of benzene rings is 1. The minimum Gasteiger partial charge on any atom is -0.496 e. The summed E-state index contributed by atoms with van der Waals surface area (Å²) < 4.78 is 20.7. The minimum absolute atomic E-state index is 0.321. The lowest BCUT2D eigenvalue weighted by Gasteiger charge is -2.29. The maximum absolute atomic E-state index is 13.2. The highest BCUT2D eigenvalue weighted by molar-refractivity contribution is 9.11. The van der Waals surface area contributed by atoms with E-state index in [0.717, 1.165) is 29.4 Å². The van der Waals surface area contributed by atoms with Crippen LogP contribution in [-0.4, -0.2) is 35.0 Å². The quantitative estimate of drug-likeness (QED) is 0.460. The third-order valence-corrected chi connectivity index (χ3v) is 7.87. The first-order chi connectivity index (χ1) is 16.3. The number of carbonyl (C=O) groups excluding carboxylic acids is 1. The van der Waals surface area contributed by atoms with E-state index in [2.05, 4.69) is 15.9 Å². The largest absolute Gasteiger partial charge is 0.496 e. The van der Waals surface area contributed by atoms with Crippen molar-refractivity contribution in [1.82, 2.24) is 9.13 Å². The van der Waals surface area contributed by atoms with E-state index in [9.17, 15) is 14.4 Å². The molecule has 0 bridgehead atoms. The maximum Gasteiger partial charge on any atom is 0.332 e. The first kappa shape index (κ1) is 24.6. The van der Waals surface area contributed by atoms with Crippen molar-refractivity contribution in [3.8, 4) is 5.75 Å². The Morgan fingerprint density at radius 2 is 2.09 bits per heavy atom. The molecule has 0 radical (unpaired) electrons. The summed E-state index contributed by atoms with van der Waals surface area (Å²) in [6.07, 6.45) is 2.25. The second kappa shape index (κ2) is 10.4. The molecule has 1 unspecified atom stereocenters. The molecule has 2 N–H and O–H groups in total. The molecule has 0 spiro atoms. The number of halogens is 1. The highest BCUT2D eigenvalue weighted by Crippen LogP contribution is 2.39. The van der Waals surface area contributed by atoms with Gasteiger partial charge in [-0.3, -0.25) is 18.7 Å². The van der Waals surface area contributed by atoms with Crippen LogP contribution in [0.2, 0.25) is 0 Å². The van der Waals surface area contributed by atoms with Crippen LogP contribution in [0.25, 0.3) is 10.2 Å². The predicted molar refractivity (Wildman–Crippen MR) is 132 cm³/mol. The van der Waals surface area contributed by atoms with E-state index in [4.69, 9.17) is 19.9 Å². The Morgan fingerprint density at radius 1 is 1.32 bits per heavy atom. The molecule has 3 heterocycles. The standard InChI is InChI=1S/C23H26BrN3O6S/c1-26-21(29)19-14(20(24)34-22(19)27(23(26)30)12-17(25)28)11-16(33-18-9-5-6-10-32-18)13-7-3-4-8-15(13)31-2/h3-4,7-8,16,18H,5-6,9-12H2,1-2H3,(H2,25,28)/t16-,18?/m1/s1. The fourth-order valence-electron chi connectivity index (χ4n) is 4.19. The van der Waals surface area contributed by atoms with Gasteiger partial charge in [0.1, 0.15) is 17.1 Å². The fourth-order valence-corrected chi connectivity index (χ4v) is 6.05. The van der Waals surface area contributed by atoms with Crippen molar-refractivity contribution in [2.45, 2.75) is 44.6 Å². The van der Waals surface area contributed by atoms with Crippen LogP contribution >= 0.6 is 27.3 Å². The molecule has 9 nitrogen and oxygen atoms in total. The zero-order valence-corrected chi connectivity index (χ0v) is 21.3. The van der Waals surface area contributed by atoms with Gasteiger partial charge in [0.15, 0.2) is 6.29 Å². The van der Waals surface area contributed by atoms with Crippen molar-refractivity contribution < 1.29 is 19.0 Å². The number of para-hydroxylation sites is 1. The molecule has 34 heavy (non-hydrogen) atoms. The minimum atomic E-state index is -0.669. The summed E-state index contributed by atoms with van der Waals surface area (Å²) >= 11 is 4.79. The van der Waals surface area contributed by atoms with Gasteiger partial charge in [0.05, 0.1) is 22.4 Å². The monoisotopic (exact) mass is 551 g/mol. The molecule has 2 atom stereocenters. The Bertz CT molecular complexity index is 1320. The third kappa shape index (κ3) is 4.83. The van der Waals surface area contributed by atoms with Crippen molar-refractivity contribution in [2.75, 3.05) is 13.7 Å². The lowest BCUT2D eigenvalue weighted by atomic mass is 10.00. The number of carbonyl (C=O) groups is 1. The van der Waals surface area contributed by atoms with E-state index in [1.807, 2.05) is 24.3 Å². The summed E-state index contributed by atoms with van der Waals surface area (Å²) in [7, 11) is 2.99. The summed E-state index contributed by atoms with van der Waals surface area (Å²) in [5.41, 5.74) is 5.85. The topological polar surface area (TPSA) is 115 Å².